The van der Waals surface area contributed by atoms with Crippen molar-refractivity contribution in [2.45, 2.75) is 33.6 Å². The van der Waals surface area contributed by atoms with Gasteiger partial charge in [0.2, 0.25) is 11.8 Å². The minimum absolute atomic E-state index is 0.0285. The molecule has 0 atom stereocenters. The van der Waals surface area contributed by atoms with Gasteiger partial charge in [0.05, 0.1) is 18.7 Å². The highest BCUT2D eigenvalue weighted by Gasteiger charge is 2.29. The van der Waals surface area contributed by atoms with E-state index in [1.54, 1.807) is 13.8 Å². The number of furan rings is 1. The average molecular weight is 384 g/mol. The van der Waals surface area contributed by atoms with Gasteiger partial charge in [-0.2, -0.15) is 0 Å². The molecule has 2 heterocycles. The van der Waals surface area contributed by atoms with Gasteiger partial charge in [-0.3, -0.25) is 14.9 Å². The summed E-state index contributed by atoms with van der Waals surface area (Å²) in [6, 6.07) is 8.00. The van der Waals surface area contributed by atoms with Gasteiger partial charge < -0.3 is 14.1 Å². The SMILES string of the molecule is CCOC(=O)c1c(NC(=O)CN2CCCc3ccccc32)oc(C)c1C(C)=O. The number of amides is 1. The Bertz CT molecular complexity index is 916. The molecule has 7 nitrogen and oxygen atoms in total. The lowest BCUT2D eigenvalue weighted by Crippen LogP contribution is -2.36. The van der Waals surface area contributed by atoms with Crippen molar-refractivity contribution in [3.8, 4) is 0 Å². The third-order valence-corrected chi connectivity index (χ3v) is 4.71. The number of benzene rings is 1. The molecule has 1 N–H and O–H groups in total. The van der Waals surface area contributed by atoms with E-state index in [1.165, 1.54) is 12.5 Å². The number of esters is 1. The molecule has 0 spiro atoms. The minimum Gasteiger partial charge on any atom is -0.462 e. The van der Waals surface area contributed by atoms with Crippen LogP contribution in [0.4, 0.5) is 11.6 Å². The maximum atomic E-state index is 12.7. The molecule has 0 fully saturated rings. The first-order valence-corrected chi connectivity index (χ1v) is 9.36. The van der Waals surface area contributed by atoms with Gasteiger partial charge in [0.15, 0.2) is 5.78 Å². The number of fused-ring (bicyclic) bond motifs is 1. The molecular weight excluding hydrogens is 360 g/mol. The fourth-order valence-corrected chi connectivity index (χ4v) is 3.57. The van der Waals surface area contributed by atoms with Crippen molar-refractivity contribution in [2.24, 2.45) is 0 Å². The summed E-state index contributed by atoms with van der Waals surface area (Å²) in [4.78, 5) is 39.0. The zero-order chi connectivity index (χ0) is 20.3. The molecule has 0 saturated carbocycles. The molecule has 7 heteroatoms. The first-order chi connectivity index (χ1) is 13.4. The number of ketones is 1. The number of rotatable bonds is 6. The molecule has 0 radical (unpaired) electrons. The van der Waals surface area contributed by atoms with Crippen molar-refractivity contribution in [2.75, 3.05) is 29.9 Å². The summed E-state index contributed by atoms with van der Waals surface area (Å²) >= 11 is 0. The second-order valence-corrected chi connectivity index (χ2v) is 6.72. The number of hydrogen-bond donors (Lipinski definition) is 1. The van der Waals surface area contributed by atoms with E-state index in [0.717, 1.165) is 25.1 Å². The first-order valence-electron chi connectivity index (χ1n) is 9.36. The van der Waals surface area contributed by atoms with Gasteiger partial charge in [0, 0.05) is 12.2 Å². The van der Waals surface area contributed by atoms with E-state index in [-0.39, 0.29) is 47.6 Å². The van der Waals surface area contributed by atoms with E-state index in [4.69, 9.17) is 9.15 Å². The molecule has 0 unspecified atom stereocenters. The van der Waals surface area contributed by atoms with Crippen molar-refractivity contribution >= 4 is 29.2 Å². The van der Waals surface area contributed by atoms with Crippen LogP contribution in [-0.4, -0.2) is 37.4 Å². The Morgan fingerprint density at radius 1 is 1.21 bits per heavy atom. The third kappa shape index (κ3) is 3.93. The van der Waals surface area contributed by atoms with E-state index >= 15 is 0 Å². The molecule has 1 amide bonds. The Kier molecular flexibility index (Phi) is 5.82. The van der Waals surface area contributed by atoms with Gasteiger partial charge in [-0.25, -0.2) is 4.79 Å². The van der Waals surface area contributed by atoms with Crippen LogP contribution in [0.5, 0.6) is 0 Å². The molecule has 0 bridgehead atoms. The number of para-hydroxylation sites is 1. The Morgan fingerprint density at radius 3 is 2.68 bits per heavy atom. The largest absolute Gasteiger partial charge is 0.462 e. The Labute approximate surface area is 163 Å². The Balaban J connectivity index is 1.82. The lowest BCUT2D eigenvalue weighted by atomic mass is 10.0. The molecule has 2 aromatic rings. The number of hydrogen-bond acceptors (Lipinski definition) is 6. The lowest BCUT2D eigenvalue weighted by Gasteiger charge is -2.30. The Morgan fingerprint density at radius 2 is 1.96 bits per heavy atom. The average Bonchev–Trinajstić information content (AvgIpc) is 2.98. The van der Waals surface area contributed by atoms with E-state index in [0.29, 0.717) is 0 Å². The van der Waals surface area contributed by atoms with Crippen LogP contribution in [0.1, 0.15) is 52.3 Å². The van der Waals surface area contributed by atoms with Crippen molar-refractivity contribution in [3.05, 3.63) is 46.7 Å². The molecule has 148 valence electrons. The van der Waals surface area contributed by atoms with Crippen LogP contribution >= 0.6 is 0 Å². The fraction of sp³-hybridized carbons (Fsp3) is 0.381. The summed E-state index contributed by atoms with van der Waals surface area (Å²) in [6.07, 6.45) is 1.95. The van der Waals surface area contributed by atoms with Crippen LogP contribution in [-0.2, 0) is 16.0 Å². The monoisotopic (exact) mass is 384 g/mol. The number of carbonyl (C=O) groups is 3. The van der Waals surface area contributed by atoms with Crippen LogP contribution in [0.2, 0.25) is 0 Å². The number of aryl methyl sites for hydroxylation is 2. The van der Waals surface area contributed by atoms with Crippen LogP contribution < -0.4 is 10.2 Å². The fourth-order valence-electron chi connectivity index (χ4n) is 3.57. The van der Waals surface area contributed by atoms with E-state index < -0.39 is 5.97 Å². The van der Waals surface area contributed by atoms with E-state index in [1.807, 2.05) is 23.1 Å². The molecule has 1 aliphatic rings. The molecule has 0 saturated heterocycles. The number of Topliss-reactive ketones (excluding diaryl/α,β-unsaturated/α-hetero) is 1. The van der Waals surface area contributed by atoms with Gasteiger partial charge in [0.1, 0.15) is 11.3 Å². The van der Waals surface area contributed by atoms with Gasteiger partial charge in [-0.15, -0.1) is 0 Å². The number of anilines is 2. The van der Waals surface area contributed by atoms with Crippen LogP contribution in [0.15, 0.2) is 28.7 Å². The first kappa shape index (κ1) is 19.7. The normalized spacial score (nSPS) is 13.0. The topological polar surface area (TPSA) is 88.8 Å². The van der Waals surface area contributed by atoms with E-state index in [2.05, 4.69) is 11.4 Å². The second kappa shape index (κ2) is 8.29. The second-order valence-electron chi connectivity index (χ2n) is 6.72. The molecule has 1 aliphatic heterocycles. The van der Waals surface area contributed by atoms with Gasteiger partial charge >= 0.3 is 5.97 Å². The molecule has 28 heavy (non-hydrogen) atoms. The summed E-state index contributed by atoms with van der Waals surface area (Å²) in [7, 11) is 0. The Hall–Kier alpha value is -3.09. The van der Waals surface area contributed by atoms with Crippen LogP contribution in [0.3, 0.4) is 0 Å². The molecule has 1 aromatic carbocycles. The van der Waals surface area contributed by atoms with Gasteiger partial charge in [0.25, 0.3) is 0 Å². The van der Waals surface area contributed by atoms with Crippen molar-refractivity contribution < 1.29 is 23.5 Å². The highest BCUT2D eigenvalue weighted by atomic mass is 16.5. The summed E-state index contributed by atoms with van der Waals surface area (Å²) < 4.78 is 10.6. The predicted octanol–water partition coefficient (Wildman–Crippen LogP) is 3.36. The minimum atomic E-state index is -0.692. The number of carbonyl (C=O) groups excluding carboxylic acids is 3. The number of ether oxygens (including phenoxy) is 1. The van der Waals surface area contributed by atoms with Gasteiger partial charge in [-0.1, -0.05) is 18.2 Å². The molecule has 1 aromatic heterocycles. The third-order valence-electron chi connectivity index (χ3n) is 4.71. The number of nitrogens with zero attached hydrogens (tertiary/aromatic N) is 1. The summed E-state index contributed by atoms with van der Waals surface area (Å²) in [5.41, 5.74) is 2.35. The summed E-state index contributed by atoms with van der Waals surface area (Å²) in [5.74, 6) is -1.12. The highest BCUT2D eigenvalue weighted by molar-refractivity contribution is 6.11. The molecular formula is C21H24N2O5. The highest BCUT2D eigenvalue weighted by Crippen LogP contribution is 2.29. The maximum Gasteiger partial charge on any atom is 0.344 e. The van der Waals surface area contributed by atoms with Crippen molar-refractivity contribution in [1.82, 2.24) is 0 Å². The summed E-state index contributed by atoms with van der Waals surface area (Å²) in [6.45, 7) is 5.63. The lowest BCUT2D eigenvalue weighted by molar-refractivity contribution is -0.115. The van der Waals surface area contributed by atoms with Crippen LogP contribution in [0.25, 0.3) is 0 Å². The maximum absolute atomic E-state index is 12.7. The zero-order valence-electron chi connectivity index (χ0n) is 16.3. The van der Waals surface area contributed by atoms with E-state index in [9.17, 15) is 14.4 Å². The van der Waals surface area contributed by atoms with Crippen LogP contribution in [0, 0.1) is 6.92 Å². The number of nitrogens with one attached hydrogen (secondary N) is 1. The van der Waals surface area contributed by atoms with Gasteiger partial charge in [-0.05, 0) is 45.2 Å². The molecule has 0 aliphatic carbocycles. The van der Waals surface area contributed by atoms with Crippen molar-refractivity contribution in [1.29, 1.82) is 0 Å². The summed E-state index contributed by atoms with van der Waals surface area (Å²) in [5, 5.41) is 2.64. The predicted molar refractivity (Wildman–Crippen MR) is 105 cm³/mol. The quantitative estimate of drug-likeness (QED) is 0.607. The smallest absolute Gasteiger partial charge is 0.344 e. The standard InChI is InChI=1S/C21H24N2O5/c1-4-27-21(26)19-18(13(2)24)14(3)28-20(19)22-17(25)12-23-11-7-9-15-8-5-6-10-16(15)23/h5-6,8,10H,4,7,9,11-12H2,1-3H3,(H,22,25). The molecule has 3 rings (SSSR count). The zero-order valence-corrected chi connectivity index (χ0v) is 16.3. The van der Waals surface area contributed by atoms with Crippen molar-refractivity contribution in [3.63, 3.8) is 0 Å².